The number of amides is 1. The maximum atomic E-state index is 13.0. The minimum absolute atomic E-state index is 0.153. The summed E-state index contributed by atoms with van der Waals surface area (Å²) in [7, 11) is 6.19. The van der Waals surface area contributed by atoms with Gasteiger partial charge in [0.15, 0.2) is 0 Å². The van der Waals surface area contributed by atoms with Crippen molar-refractivity contribution in [3.63, 3.8) is 0 Å². The fourth-order valence-corrected chi connectivity index (χ4v) is 3.15. The van der Waals surface area contributed by atoms with Crippen molar-refractivity contribution in [2.75, 3.05) is 14.2 Å². The van der Waals surface area contributed by atoms with Gasteiger partial charge in [-0.25, -0.2) is 9.78 Å². The molecule has 3 rings (SSSR count). The van der Waals surface area contributed by atoms with Crippen molar-refractivity contribution in [3.05, 3.63) is 68.5 Å². The molecule has 2 aromatic heterocycles. The zero-order valence-corrected chi connectivity index (χ0v) is 16.5. The summed E-state index contributed by atoms with van der Waals surface area (Å²) in [5.74, 6) is 0.362. The van der Waals surface area contributed by atoms with E-state index in [1.54, 1.807) is 19.1 Å². The van der Waals surface area contributed by atoms with Gasteiger partial charge in [0.05, 0.1) is 18.5 Å². The molecule has 0 bridgehead atoms. The minimum atomic E-state index is -0.495. The molecule has 0 saturated carbocycles. The van der Waals surface area contributed by atoms with Crippen LogP contribution in [0.15, 0.2) is 46.0 Å². The molecule has 0 fully saturated rings. The summed E-state index contributed by atoms with van der Waals surface area (Å²) >= 11 is 0. The minimum Gasteiger partial charge on any atom is -0.496 e. The van der Waals surface area contributed by atoms with Gasteiger partial charge in [0, 0.05) is 26.7 Å². The second kappa shape index (κ2) is 7.30. The van der Waals surface area contributed by atoms with Crippen molar-refractivity contribution in [3.8, 4) is 5.75 Å². The van der Waals surface area contributed by atoms with Crippen LogP contribution >= 0.6 is 0 Å². The van der Waals surface area contributed by atoms with E-state index in [9.17, 15) is 14.4 Å². The molecule has 146 valence electrons. The topological polar surface area (TPSA) is 86.4 Å². The van der Waals surface area contributed by atoms with Crippen LogP contribution in [0.2, 0.25) is 0 Å². The van der Waals surface area contributed by atoms with E-state index in [0.29, 0.717) is 5.75 Å². The summed E-state index contributed by atoms with van der Waals surface area (Å²) in [5, 5.41) is 0.279. The van der Waals surface area contributed by atoms with Crippen LogP contribution in [-0.4, -0.2) is 39.1 Å². The fraction of sp³-hybridized carbons (Fsp3) is 0.300. The van der Waals surface area contributed by atoms with Crippen LogP contribution < -0.4 is 16.0 Å². The maximum Gasteiger partial charge on any atom is 0.332 e. The monoisotopic (exact) mass is 382 g/mol. The first-order valence-corrected chi connectivity index (χ1v) is 8.74. The number of pyridine rings is 1. The second-order valence-corrected chi connectivity index (χ2v) is 6.61. The van der Waals surface area contributed by atoms with E-state index in [-0.39, 0.29) is 28.7 Å². The quantitative estimate of drug-likeness (QED) is 0.682. The largest absolute Gasteiger partial charge is 0.496 e. The Labute approximate surface area is 161 Å². The zero-order chi connectivity index (χ0) is 20.6. The Kier molecular flexibility index (Phi) is 5.04. The van der Waals surface area contributed by atoms with Crippen molar-refractivity contribution in [2.45, 2.75) is 13.0 Å². The van der Waals surface area contributed by atoms with Crippen LogP contribution in [0.5, 0.6) is 5.75 Å². The Bertz CT molecular complexity index is 1180. The third-order valence-electron chi connectivity index (χ3n) is 5.01. The molecule has 1 unspecified atom stereocenters. The highest BCUT2D eigenvalue weighted by molar-refractivity contribution is 5.94. The normalized spacial score (nSPS) is 12.0. The third kappa shape index (κ3) is 3.06. The number of ether oxygens (including phenoxy) is 1. The average Bonchev–Trinajstić information content (AvgIpc) is 2.74. The first-order chi connectivity index (χ1) is 13.3. The van der Waals surface area contributed by atoms with Gasteiger partial charge in [-0.3, -0.25) is 18.7 Å². The predicted molar refractivity (Wildman–Crippen MR) is 106 cm³/mol. The molecule has 2 heterocycles. The molecule has 0 saturated heterocycles. The summed E-state index contributed by atoms with van der Waals surface area (Å²) in [5.41, 5.74) is 0.255. The van der Waals surface area contributed by atoms with Crippen LogP contribution in [0.4, 0.5) is 0 Å². The molecular weight excluding hydrogens is 360 g/mol. The Balaban J connectivity index is 2.03. The summed E-state index contributed by atoms with van der Waals surface area (Å²) in [6, 6.07) is 10.2. The number of carbonyl (C=O) groups excluding carboxylic acids is 1. The fourth-order valence-electron chi connectivity index (χ4n) is 3.15. The van der Waals surface area contributed by atoms with E-state index >= 15 is 0 Å². The zero-order valence-electron chi connectivity index (χ0n) is 16.5. The Morgan fingerprint density at radius 2 is 1.79 bits per heavy atom. The molecule has 8 heteroatoms. The molecular formula is C20H22N4O4. The predicted octanol–water partition coefficient (Wildman–Crippen LogP) is 1.47. The molecule has 0 aliphatic rings. The van der Waals surface area contributed by atoms with Gasteiger partial charge in [0.1, 0.15) is 17.1 Å². The van der Waals surface area contributed by atoms with E-state index in [2.05, 4.69) is 4.98 Å². The number of hydrogen-bond acceptors (Lipinski definition) is 5. The molecule has 28 heavy (non-hydrogen) atoms. The van der Waals surface area contributed by atoms with Gasteiger partial charge in [0.2, 0.25) is 0 Å². The van der Waals surface area contributed by atoms with Gasteiger partial charge in [-0.1, -0.05) is 18.2 Å². The van der Waals surface area contributed by atoms with Gasteiger partial charge >= 0.3 is 5.69 Å². The van der Waals surface area contributed by atoms with Gasteiger partial charge in [-0.05, 0) is 25.1 Å². The van der Waals surface area contributed by atoms with Crippen LogP contribution in [0.3, 0.4) is 0 Å². The molecule has 1 atom stereocenters. The van der Waals surface area contributed by atoms with Crippen molar-refractivity contribution < 1.29 is 9.53 Å². The van der Waals surface area contributed by atoms with Gasteiger partial charge in [0.25, 0.3) is 11.5 Å². The van der Waals surface area contributed by atoms with Crippen molar-refractivity contribution >= 4 is 16.9 Å². The highest BCUT2D eigenvalue weighted by Gasteiger charge is 2.23. The van der Waals surface area contributed by atoms with Crippen LogP contribution in [0, 0.1) is 0 Å². The lowest BCUT2D eigenvalue weighted by Crippen LogP contribution is -2.37. The number of aryl methyl sites for hydroxylation is 1. The number of rotatable bonds is 4. The number of hydrogen-bond donors (Lipinski definition) is 0. The smallest absolute Gasteiger partial charge is 0.332 e. The molecule has 8 nitrogen and oxygen atoms in total. The molecule has 1 aromatic carbocycles. The van der Waals surface area contributed by atoms with Crippen LogP contribution in [-0.2, 0) is 14.1 Å². The molecule has 0 radical (unpaired) electrons. The SMILES string of the molecule is COc1ccccc1C(C)N(C)C(=O)c1ccc2c(=O)n(C)c(=O)n(C)c2n1. The molecule has 0 spiro atoms. The molecule has 1 amide bonds. The van der Waals surface area contributed by atoms with Crippen molar-refractivity contribution in [1.82, 2.24) is 19.0 Å². The molecule has 0 aliphatic carbocycles. The van der Waals surface area contributed by atoms with E-state index in [4.69, 9.17) is 4.74 Å². The number of fused-ring (bicyclic) bond motifs is 1. The summed E-state index contributed by atoms with van der Waals surface area (Å²) < 4.78 is 7.66. The Morgan fingerprint density at radius 3 is 2.46 bits per heavy atom. The van der Waals surface area contributed by atoms with Crippen molar-refractivity contribution in [2.24, 2.45) is 14.1 Å². The second-order valence-electron chi connectivity index (χ2n) is 6.61. The highest BCUT2D eigenvalue weighted by Crippen LogP contribution is 2.28. The van der Waals surface area contributed by atoms with Crippen LogP contribution in [0.25, 0.3) is 11.0 Å². The first-order valence-electron chi connectivity index (χ1n) is 8.74. The Hall–Kier alpha value is -3.42. The number of carbonyl (C=O) groups is 1. The highest BCUT2D eigenvalue weighted by atomic mass is 16.5. The van der Waals surface area contributed by atoms with Crippen LogP contribution in [0.1, 0.15) is 29.0 Å². The average molecular weight is 382 g/mol. The van der Waals surface area contributed by atoms with Gasteiger partial charge in [-0.2, -0.15) is 0 Å². The lowest BCUT2D eigenvalue weighted by molar-refractivity contribution is 0.0735. The third-order valence-corrected chi connectivity index (χ3v) is 5.01. The number of aromatic nitrogens is 3. The summed E-state index contributed by atoms with van der Waals surface area (Å²) in [6.07, 6.45) is 0. The van der Waals surface area contributed by atoms with E-state index in [1.807, 2.05) is 31.2 Å². The van der Waals surface area contributed by atoms with E-state index < -0.39 is 11.2 Å². The Morgan fingerprint density at radius 1 is 1.11 bits per heavy atom. The van der Waals surface area contributed by atoms with E-state index in [1.165, 1.54) is 30.8 Å². The van der Waals surface area contributed by atoms with Gasteiger partial charge in [-0.15, -0.1) is 0 Å². The molecule has 0 N–H and O–H groups in total. The maximum absolute atomic E-state index is 13.0. The number of nitrogens with zero attached hydrogens (tertiary/aromatic N) is 4. The number of benzene rings is 1. The summed E-state index contributed by atoms with van der Waals surface area (Å²) in [6.45, 7) is 1.89. The van der Waals surface area contributed by atoms with E-state index in [0.717, 1.165) is 10.1 Å². The first kappa shape index (κ1) is 19.3. The number of methoxy groups -OCH3 is 1. The molecule has 0 aliphatic heterocycles. The number of para-hydroxylation sites is 1. The van der Waals surface area contributed by atoms with Crippen molar-refractivity contribution in [1.29, 1.82) is 0 Å². The molecule has 3 aromatic rings. The lowest BCUT2D eigenvalue weighted by atomic mass is 10.1. The lowest BCUT2D eigenvalue weighted by Gasteiger charge is -2.26. The standard InChI is InChI=1S/C20H22N4O4/c1-12(13-8-6-7-9-16(13)28-5)22(2)19(26)15-11-10-14-17(21-15)23(3)20(27)24(4)18(14)25/h6-12H,1-5H3. The van der Waals surface area contributed by atoms with Gasteiger partial charge < -0.3 is 9.64 Å². The summed E-state index contributed by atoms with van der Waals surface area (Å²) in [4.78, 5) is 43.3.